The fourth-order valence-corrected chi connectivity index (χ4v) is 4.32. The van der Waals surface area contributed by atoms with E-state index < -0.39 is 0 Å². The van der Waals surface area contributed by atoms with Crippen molar-refractivity contribution < 1.29 is 4.79 Å². The summed E-state index contributed by atoms with van der Waals surface area (Å²) in [6.07, 6.45) is 6.81. The molecular formula is C18H27ClN6O. The summed E-state index contributed by atoms with van der Waals surface area (Å²) in [5.74, 6) is 0.854. The van der Waals surface area contributed by atoms with Crippen LogP contribution in [0, 0.1) is 0 Å². The van der Waals surface area contributed by atoms with Crippen LogP contribution >= 0.6 is 11.6 Å². The molecule has 0 bridgehead atoms. The average molecular weight is 379 g/mol. The highest BCUT2D eigenvalue weighted by atomic mass is 35.5. The zero-order chi connectivity index (χ0) is 17.9. The Morgan fingerprint density at radius 2 is 1.81 bits per heavy atom. The van der Waals surface area contributed by atoms with Crippen molar-refractivity contribution >= 4 is 29.1 Å². The summed E-state index contributed by atoms with van der Waals surface area (Å²) in [7, 11) is 0. The van der Waals surface area contributed by atoms with Gasteiger partial charge in [0.25, 0.3) is 0 Å². The molecule has 1 aromatic heterocycles. The van der Waals surface area contributed by atoms with Gasteiger partial charge in [-0.25, -0.2) is 9.97 Å². The molecule has 0 aliphatic carbocycles. The first-order valence-corrected chi connectivity index (χ1v) is 10.2. The molecule has 1 aromatic rings. The number of nitrogens with zero attached hydrogens (tertiary/aromatic N) is 5. The molecule has 3 aliphatic heterocycles. The molecule has 3 fully saturated rings. The van der Waals surface area contributed by atoms with Crippen LogP contribution < -0.4 is 15.1 Å². The topological polar surface area (TPSA) is 64.6 Å². The Morgan fingerprint density at radius 1 is 1.12 bits per heavy atom. The van der Waals surface area contributed by atoms with E-state index in [0.717, 1.165) is 50.1 Å². The van der Waals surface area contributed by atoms with Crippen LogP contribution in [0.1, 0.15) is 37.4 Å². The van der Waals surface area contributed by atoms with Gasteiger partial charge in [0.15, 0.2) is 0 Å². The van der Waals surface area contributed by atoms with Crippen molar-refractivity contribution in [2.45, 2.75) is 31.7 Å². The van der Waals surface area contributed by atoms with E-state index in [-0.39, 0.29) is 17.8 Å². The zero-order valence-electron chi connectivity index (χ0n) is 15.2. The van der Waals surface area contributed by atoms with Crippen LogP contribution in [0.5, 0.6) is 0 Å². The number of hydrogen-bond donors (Lipinski definition) is 1. The highest BCUT2D eigenvalue weighted by molar-refractivity contribution is 6.27. The summed E-state index contributed by atoms with van der Waals surface area (Å²) in [6, 6.07) is 0.0240. The molecule has 26 heavy (non-hydrogen) atoms. The Hall–Kier alpha value is -1.60. The molecule has 3 saturated heterocycles. The van der Waals surface area contributed by atoms with E-state index in [9.17, 15) is 4.79 Å². The second-order valence-corrected chi connectivity index (χ2v) is 7.58. The number of amides is 1. The predicted octanol–water partition coefficient (Wildman–Crippen LogP) is 1.39. The first kappa shape index (κ1) is 17.8. The number of aromatic nitrogens is 2. The predicted molar refractivity (Wildman–Crippen MR) is 103 cm³/mol. The molecule has 1 unspecified atom stereocenters. The van der Waals surface area contributed by atoms with E-state index >= 15 is 0 Å². The van der Waals surface area contributed by atoms with Gasteiger partial charge < -0.3 is 20.0 Å². The number of alkyl halides is 1. The van der Waals surface area contributed by atoms with Gasteiger partial charge in [0, 0.05) is 45.8 Å². The van der Waals surface area contributed by atoms with Crippen LogP contribution in [0.2, 0.25) is 0 Å². The number of halogens is 1. The highest BCUT2D eigenvalue weighted by Crippen LogP contribution is 2.31. The second kappa shape index (κ2) is 7.96. The quantitative estimate of drug-likeness (QED) is 0.799. The van der Waals surface area contributed by atoms with Gasteiger partial charge in [-0.2, -0.15) is 0 Å². The van der Waals surface area contributed by atoms with Crippen LogP contribution in [-0.4, -0.2) is 72.5 Å². The van der Waals surface area contributed by atoms with Gasteiger partial charge in [0.05, 0.1) is 23.6 Å². The first-order valence-electron chi connectivity index (χ1n) is 9.70. The monoisotopic (exact) mass is 378 g/mol. The normalized spacial score (nSPS) is 23.7. The van der Waals surface area contributed by atoms with Crippen LogP contribution in [0.3, 0.4) is 0 Å². The van der Waals surface area contributed by atoms with Crippen molar-refractivity contribution in [2.24, 2.45) is 0 Å². The minimum Gasteiger partial charge on any atom is -0.369 e. The molecule has 0 saturated carbocycles. The van der Waals surface area contributed by atoms with E-state index in [4.69, 9.17) is 16.6 Å². The molecule has 1 amide bonds. The molecular weight excluding hydrogens is 352 g/mol. The van der Waals surface area contributed by atoms with E-state index in [1.54, 1.807) is 0 Å². The van der Waals surface area contributed by atoms with E-state index in [0.29, 0.717) is 13.1 Å². The number of rotatable bonds is 4. The summed E-state index contributed by atoms with van der Waals surface area (Å²) in [5.41, 5.74) is 2.14. The first-order chi connectivity index (χ1) is 12.8. The minimum atomic E-state index is -0.00490. The number of nitrogens with one attached hydrogen (secondary N) is 1. The Kier molecular flexibility index (Phi) is 5.45. The maximum absolute atomic E-state index is 12.1. The van der Waals surface area contributed by atoms with Crippen LogP contribution in [0.25, 0.3) is 0 Å². The van der Waals surface area contributed by atoms with Gasteiger partial charge in [-0.3, -0.25) is 4.79 Å². The van der Waals surface area contributed by atoms with Crippen molar-refractivity contribution in [1.29, 1.82) is 0 Å². The smallest absolute Gasteiger partial charge is 0.237 e. The SMILES string of the molecule is O=C(CCl)N1CCNC(c2nc(N3CCCC3)ncc2N2CCCC2)C1. The van der Waals surface area contributed by atoms with Gasteiger partial charge >= 0.3 is 0 Å². The Balaban J connectivity index is 1.64. The molecule has 7 nitrogen and oxygen atoms in total. The second-order valence-electron chi connectivity index (χ2n) is 7.31. The molecule has 0 radical (unpaired) electrons. The Morgan fingerprint density at radius 3 is 2.50 bits per heavy atom. The number of piperazine rings is 1. The van der Waals surface area contributed by atoms with Gasteiger partial charge in [0.2, 0.25) is 11.9 Å². The van der Waals surface area contributed by atoms with Crippen LogP contribution in [-0.2, 0) is 4.79 Å². The van der Waals surface area contributed by atoms with Crippen molar-refractivity contribution in [1.82, 2.24) is 20.2 Å². The largest absolute Gasteiger partial charge is 0.369 e. The van der Waals surface area contributed by atoms with Crippen molar-refractivity contribution in [3.63, 3.8) is 0 Å². The fourth-order valence-electron chi connectivity index (χ4n) is 4.15. The third-order valence-corrected chi connectivity index (χ3v) is 5.82. The molecule has 1 N–H and O–H groups in total. The van der Waals surface area contributed by atoms with Gasteiger partial charge in [-0.05, 0) is 25.7 Å². The standard InChI is InChI=1S/C18H27ClN6O/c19-11-16(26)25-10-5-20-14(13-25)17-15(23-6-1-2-7-23)12-21-18(22-17)24-8-3-4-9-24/h12,14,20H,1-11,13H2. The van der Waals surface area contributed by atoms with E-state index in [2.05, 4.69) is 20.1 Å². The van der Waals surface area contributed by atoms with Crippen LogP contribution in [0.15, 0.2) is 6.20 Å². The third-order valence-electron chi connectivity index (χ3n) is 5.59. The Bertz CT molecular complexity index is 645. The maximum Gasteiger partial charge on any atom is 0.237 e. The lowest BCUT2D eigenvalue weighted by Crippen LogP contribution is -2.49. The summed E-state index contributed by atoms with van der Waals surface area (Å²) in [4.78, 5) is 28.2. The van der Waals surface area contributed by atoms with E-state index in [1.807, 2.05) is 11.1 Å². The van der Waals surface area contributed by atoms with Crippen molar-refractivity contribution in [3.8, 4) is 0 Å². The molecule has 4 heterocycles. The Labute approximate surface area is 159 Å². The number of hydrogen-bond acceptors (Lipinski definition) is 6. The fraction of sp³-hybridized carbons (Fsp3) is 0.722. The van der Waals surface area contributed by atoms with Crippen molar-refractivity contribution in [2.75, 3.05) is 61.5 Å². The average Bonchev–Trinajstić information content (AvgIpc) is 3.41. The lowest BCUT2D eigenvalue weighted by Gasteiger charge is -2.35. The van der Waals surface area contributed by atoms with E-state index in [1.165, 1.54) is 25.7 Å². The lowest BCUT2D eigenvalue weighted by molar-refractivity contribution is -0.129. The number of anilines is 2. The van der Waals surface area contributed by atoms with Gasteiger partial charge in [-0.1, -0.05) is 0 Å². The maximum atomic E-state index is 12.1. The molecule has 142 valence electrons. The lowest BCUT2D eigenvalue weighted by atomic mass is 10.1. The zero-order valence-corrected chi connectivity index (χ0v) is 15.9. The molecule has 8 heteroatoms. The minimum absolute atomic E-state index is 0.00490. The molecule has 4 rings (SSSR count). The summed E-state index contributed by atoms with van der Waals surface area (Å²) < 4.78 is 0. The molecule has 0 aromatic carbocycles. The number of carbonyl (C=O) groups excluding carboxylic acids is 1. The highest BCUT2D eigenvalue weighted by Gasteiger charge is 2.30. The van der Waals surface area contributed by atoms with Crippen molar-refractivity contribution in [3.05, 3.63) is 11.9 Å². The summed E-state index contributed by atoms with van der Waals surface area (Å²) in [6.45, 7) is 6.23. The van der Waals surface area contributed by atoms with Gasteiger partial charge in [-0.15, -0.1) is 11.6 Å². The summed E-state index contributed by atoms with van der Waals surface area (Å²) >= 11 is 5.77. The molecule has 1 atom stereocenters. The molecule has 3 aliphatic rings. The third kappa shape index (κ3) is 3.60. The summed E-state index contributed by atoms with van der Waals surface area (Å²) in [5, 5.41) is 3.55. The van der Waals surface area contributed by atoms with Crippen LogP contribution in [0.4, 0.5) is 11.6 Å². The van der Waals surface area contributed by atoms with Gasteiger partial charge in [0.1, 0.15) is 5.88 Å². The molecule has 0 spiro atoms. The number of carbonyl (C=O) groups is 1.